The van der Waals surface area contributed by atoms with E-state index in [0.717, 1.165) is 40.9 Å². The van der Waals surface area contributed by atoms with E-state index >= 15 is 0 Å². The highest BCUT2D eigenvalue weighted by atomic mass is 19.1. The van der Waals surface area contributed by atoms with Gasteiger partial charge in [0.15, 0.2) is 5.78 Å². The first-order chi connectivity index (χ1) is 12.6. The van der Waals surface area contributed by atoms with E-state index in [9.17, 15) is 9.18 Å². The highest BCUT2D eigenvalue weighted by Gasteiger charge is 2.37. The summed E-state index contributed by atoms with van der Waals surface area (Å²) in [7, 11) is 3.19. The molecule has 1 heterocycles. The van der Waals surface area contributed by atoms with Crippen molar-refractivity contribution in [2.45, 2.75) is 25.2 Å². The maximum Gasteiger partial charge on any atom is 0.161 e. The van der Waals surface area contributed by atoms with Crippen molar-refractivity contribution in [2.24, 2.45) is 0 Å². The van der Waals surface area contributed by atoms with Crippen LogP contribution in [-0.2, 0) is 4.79 Å². The number of methoxy groups -OCH3 is 2. The smallest absolute Gasteiger partial charge is 0.161 e. The fraction of sp³-hybridized carbons (Fsp3) is 0.286. The summed E-state index contributed by atoms with van der Waals surface area (Å²) in [4.78, 5) is 12.8. The number of nitrogens with one attached hydrogen (secondary N) is 1. The molecule has 2 aromatic carbocycles. The monoisotopic (exact) mass is 353 g/mol. The van der Waals surface area contributed by atoms with E-state index in [0.29, 0.717) is 17.9 Å². The SMILES string of the molecule is COc1cc2c(c(OC)c1)[C@@H](c1cccc(F)c1)C1=C(CCCC1=O)N2. The van der Waals surface area contributed by atoms with Crippen LogP contribution in [0.4, 0.5) is 10.1 Å². The van der Waals surface area contributed by atoms with Gasteiger partial charge in [-0.3, -0.25) is 4.79 Å². The number of halogens is 1. The van der Waals surface area contributed by atoms with Crippen molar-refractivity contribution in [3.63, 3.8) is 0 Å². The largest absolute Gasteiger partial charge is 0.497 e. The predicted octanol–water partition coefficient (Wildman–Crippen LogP) is 4.41. The van der Waals surface area contributed by atoms with Gasteiger partial charge >= 0.3 is 0 Å². The molecule has 0 radical (unpaired) electrons. The quantitative estimate of drug-likeness (QED) is 0.888. The Kier molecular flexibility index (Phi) is 4.15. The van der Waals surface area contributed by atoms with Gasteiger partial charge in [-0.15, -0.1) is 0 Å². The van der Waals surface area contributed by atoms with Gasteiger partial charge in [-0.25, -0.2) is 4.39 Å². The van der Waals surface area contributed by atoms with Crippen molar-refractivity contribution in [3.05, 3.63) is 64.6 Å². The van der Waals surface area contributed by atoms with Gasteiger partial charge in [0.1, 0.15) is 17.3 Å². The zero-order valence-corrected chi connectivity index (χ0v) is 14.8. The molecule has 0 bridgehead atoms. The first-order valence-corrected chi connectivity index (χ1v) is 8.67. The molecule has 5 heteroatoms. The average molecular weight is 353 g/mol. The fourth-order valence-electron chi connectivity index (χ4n) is 3.94. The summed E-state index contributed by atoms with van der Waals surface area (Å²) in [5.41, 5.74) is 4.06. The molecular formula is C21H20FNO3. The van der Waals surface area contributed by atoms with Gasteiger partial charge in [0.2, 0.25) is 0 Å². The molecule has 2 aliphatic rings. The van der Waals surface area contributed by atoms with Crippen molar-refractivity contribution in [3.8, 4) is 11.5 Å². The van der Waals surface area contributed by atoms with Gasteiger partial charge in [0.25, 0.3) is 0 Å². The predicted molar refractivity (Wildman–Crippen MR) is 97.3 cm³/mol. The minimum absolute atomic E-state index is 0.108. The summed E-state index contributed by atoms with van der Waals surface area (Å²) in [6, 6.07) is 10.1. The molecule has 134 valence electrons. The Morgan fingerprint density at radius 1 is 1.12 bits per heavy atom. The van der Waals surface area contributed by atoms with Crippen LogP contribution >= 0.6 is 0 Å². The van der Waals surface area contributed by atoms with E-state index in [1.54, 1.807) is 26.4 Å². The lowest BCUT2D eigenvalue weighted by atomic mass is 9.75. The number of hydrogen-bond acceptors (Lipinski definition) is 4. The number of anilines is 1. The number of carbonyl (C=O) groups is 1. The van der Waals surface area contributed by atoms with E-state index in [1.165, 1.54) is 12.1 Å². The summed E-state index contributed by atoms with van der Waals surface area (Å²) < 4.78 is 24.9. The fourth-order valence-corrected chi connectivity index (χ4v) is 3.94. The van der Waals surface area contributed by atoms with Crippen molar-refractivity contribution >= 4 is 11.5 Å². The van der Waals surface area contributed by atoms with Crippen LogP contribution in [0.5, 0.6) is 11.5 Å². The number of fused-ring (bicyclic) bond motifs is 1. The van der Waals surface area contributed by atoms with Crippen LogP contribution in [0.3, 0.4) is 0 Å². The van der Waals surface area contributed by atoms with Crippen LogP contribution in [0.2, 0.25) is 0 Å². The van der Waals surface area contributed by atoms with Gasteiger partial charge in [0.05, 0.1) is 14.2 Å². The number of allylic oxidation sites excluding steroid dienone is 2. The Labute approximate surface area is 151 Å². The summed E-state index contributed by atoms with van der Waals surface area (Å²) in [5, 5.41) is 3.40. The number of carbonyl (C=O) groups excluding carboxylic acids is 1. The lowest BCUT2D eigenvalue weighted by Crippen LogP contribution is -2.27. The van der Waals surface area contributed by atoms with E-state index in [-0.39, 0.29) is 17.5 Å². The molecular weight excluding hydrogens is 333 g/mol. The second kappa shape index (κ2) is 6.48. The number of benzene rings is 2. The molecule has 0 amide bonds. The Morgan fingerprint density at radius 2 is 1.96 bits per heavy atom. The molecule has 0 unspecified atom stereocenters. The number of hydrogen-bond donors (Lipinski definition) is 1. The molecule has 0 aromatic heterocycles. The van der Waals surface area contributed by atoms with Crippen molar-refractivity contribution in [1.82, 2.24) is 0 Å². The molecule has 0 spiro atoms. The topological polar surface area (TPSA) is 47.6 Å². The highest BCUT2D eigenvalue weighted by molar-refractivity contribution is 6.01. The summed E-state index contributed by atoms with van der Waals surface area (Å²) in [6.07, 6.45) is 2.13. The minimum atomic E-state index is -0.356. The lowest BCUT2D eigenvalue weighted by Gasteiger charge is -2.35. The lowest BCUT2D eigenvalue weighted by molar-refractivity contribution is -0.116. The Morgan fingerprint density at radius 3 is 2.69 bits per heavy atom. The number of rotatable bonds is 3. The molecule has 1 aliphatic carbocycles. The van der Waals surface area contributed by atoms with Crippen molar-refractivity contribution < 1.29 is 18.7 Å². The van der Waals surface area contributed by atoms with Crippen molar-refractivity contribution in [1.29, 1.82) is 0 Å². The van der Waals surface area contributed by atoms with E-state index in [1.807, 2.05) is 12.1 Å². The van der Waals surface area contributed by atoms with Crippen LogP contribution in [-0.4, -0.2) is 20.0 Å². The van der Waals surface area contributed by atoms with Crippen LogP contribution in [0.15, 0.2) is 47.7 Å². The van der Waals surface area contributed by atoms with Crippen LogP contribution in [0, 0.1) is 5.82 Å². The van der Waals surface area contributed by atoms with Gasteiger partial charge < -0.3 is 14.8 Å². The first kappa shape index (κ1) is 16.6. The summed E-state index contributed by atoms with van der Waals surface area (Å²) >= 11 is 0. The minimum Gasteiger partial charge on any atom is -0.497 e. The Hall–Kier alpha value is -2.82. The van der Waals surface area contributed by atoms with E-state index in [4.69, 9.17) is 9.47 Å². The third kappa shape index (κ3) is 2.64. The molecule has 2 aromatic rings. The third-order valence-electron chi connectivity index (χ3n) is 5.07. The molecule has 1 aliphatic heterocycles. The molecule has 0 fully saturated rings. The molecule has 0 saturated carbocycles. The molecule has 1 atom stereocenters. The van der Waals surface area contributed by atoms with Gasteiger partial charge in [-0.1, -0.05) is 12.1 Å². The summed E-state index contributed by atoms with van der Waals surface area (Å²) in [6.45, 7) is 0. The van der Waals surface area contributed by atoms with E-state index < -0.39 is 0 Å². The number of ether oxygens (including phenoxy) is 2. The Balaban J connectivity index is 1.99. The van der Waals surface area contributed by atoms with Gasteiger partial charge in [0, 0.05) is 47.0 Å². The zero-order chi connectivity index (χ0) is 18.3. The third-order valence-corrected chi connectivity index (χ3v) is 5.07. The highest BCUT2D eigenvalue weighted by Crippen LogP contribution is 2.50. The van der Waals surface area contributed by atoms with Crippen LogP contribution in [0.1, 0.15) is 36.3 Å². The molecule has 0 saturated heterocycles. The molecule has 1 N–H and O–H groups in total. The molecule has 4 rings (SSSR count). The Bertz CT molecular complexity index is 919. The zero-order valence-electron chi connectivity index (χ0n) is 14.8. The number of Topliss-reactive ketones (excluding diaryl/α,β-unsaturated/α-hetero) is 1. The second-order valence-corrected chi connectivity index (χ2v) is 6.57. The van der Waals surface area contributed by atoms with Gasteiger partial charge in [-0.05, 0) is 30.5 Å². The van der Waals surface area contributed by atoms with Crippen molar-refractivity contribution in [2.75, 3.05) is 19.5 Å². The molecule has 26 heavy (non-hydrogen) atoms. The van der Waals surface area contributed by atoms with Gasteiger partial charge in [-0.2, -0.15) is 0 Å². The van der Waals surface area contributed by atoms with Crippen LogP contribution < -0.4 is 14.8 Å². The molecule has 4 nitrogen and oxygen atoms in total. The van der Waals surface area contributed by atoms with Crippen LogP contribution in [0.25, 0.3) is 0 Å². The average Bonchev–Trinajstić information content (AvgIpc) is 2.65. The first-order valence-electron chi connectivity index (χ1n) is 8.67. The standard InChI is InChI=1S/C21H20FNO3/c1-25-14-10-16-21(18(11-14)26-2)19(12-5-3-6-13(22)9-12)20-15(23-16)7-4-8-17(20)24/h3,5-6,9-11,19,23H,4,7-8H2,1-2H3/t19-/m0/s1. The summed E-state index contributed by atoms with van der Waals surface area (Å²) in [5.74, 6) is 0.714. The second-order valence-electron chi connectivity index (χ2n) is 6.57. The van der Waals surface area contributed by atoms with E-state index in [2.05, 4.69) is 5.32 Å². The number of ketones is 1. The normalized spacial score (nSPS) is 18.7. The maximum absolute atomic E-state index is 14.0. The maximum atomic E-state index is 14.0.